The maximum absolute atomic E-state index is 13.9. The standard InChI is InChI=1S/C22H15FN2O4/c23-17-5-2-1-4-16(17)18-11-12-20(29-18)22(27)25-15-9-7-14(8-10-15)24-21(26)19-6-3-13-28-19/h1-13H,(H,24,26)(H,25,27). The number of hydrogen-bond acceptors (Lipinski definition) is 4. The van der Waals surface area contributed by atoms with Crippen LogP contribution in [0.25, 0.3) is 11.3 Å². The van der Waals surface area contributed by atoms with E-state index in [1.807, 2.05) is 0 Å². The van der Waals surface area contributed by atoms with Gasteiger partial charge in [-0.15, -0.1) is 0 Å². The molecule has 0 fully saturated rings. The lowest BCUT2D eigenvalue weighted by molar-refractivity contribution is 0.0989. The summed E-state index contributed by atoms with van der Waals surface area (Å²) in [5.74, 6) is -0.752. The summed E-state index contributed by atoms with van der Waals surface area (Å²) in [7, 11) is 0. The predicted molar refractivity (Wildman–Crippen MR) is 105 cm³/mol. The smallest absolute Gasteiger partial charge is 0.291 e. The highest BCUT2D eigenvalue weighted by molar-refractivity contribution is 6.04. The van der Waals surface area contributed by atoms with E-state index in [1.165, 1.54) is 18.4 Å². The molecule has 0 saturated carbocycles. The summed E-state index contributed by atoms with van der Waals surface area (Å²) in [4.78, 5) is 24.3. The zero-order chi connectivity index (χ0) is 20.2. The van der Waals surface area contributed by atoms with Gasteiger partial charge in [-0.3, -0.25) is 9.59 Å². The number of amides is 2. The highest BCUT2D eigenvalue weighted by atomic mass is 19.1. The van der Waals surface area contributed by atoms with Gasteiger partial charge in [0.15, 0.2) is 11.5 Å². The number of furan rings is 2. The second-order valence-electron chi connectivity index (χ2n) is 6.11. The topological polar surface area (TPSA) is 84.5 Å². The summed E-state index contributed by atoms with van der Waals surface area (Å²) < 4.78 is 24.4. The van der Waals surface area contributed by atoms with Crippen LogP contribution in [-0.2, 0) is 0 Å². The molecule has 144 valence electrons. The van der Waals surface area contributed by atoms with E-state index in [-0.39, 0.29) is 28.8 Å². The van der Waals surface area contributed by atoms with Crippen LogP contribution in [0, 0.1) is 5.82 Å². The summed E-state index contributed by atoms with van der Waals surface area (Å²) in [6.45, 7) is 0. The molecule has 2 heterocycles. The Labute approximate surface area is 165 Å². The van der Waals surface area contributed by atoms with Crippen molar-refractivity contribution < 1.29 is 22.8 Å². The first-order valence-electron chi connectivity index (χ1n) is 8.71. The Balaban J connectivity index is 1.41. The fraction of sp³-hybridized carbons (Fsp3) is 0. The van der Waals surface area contributed by atoms with Crippen molar-refractivity contribution in [3.63, 3.8) is 0 Å². The zero-order valence-electron chi connectivity index (χ0n) is 15.0. The highest BCUT2D eigenvalue weighted by Gasteiger charge is 2.15. The molecule has 2 amide bonds. The quantitative estimate of drug-likeness (QED) is 0.492. The van der Waals surface area contributed by atoms with Gasteiger partial charge in [0.25, 0.3) is 11.8 Å². The highest BCUT2D eigenvalue weighted by Crippen LogP contribution is 2.25. The first-order chi connectivity index (χ1) is 14.1. The van der Waals surface area contributed by atoms with Gasteiger partial charge >= 0.3 is 0 Å². The number of halogens is 1. The van der Waals surface area contributed by atoms with E-state index in [2.05, 4.69) is 10.6 Å². The van der Waals surface area contributed by atoms with Crippen LogP contribution in [0.3, 0.4) is 0 Å². The summed E-state index contributed by atoms with van der Waals surface area (Å²) in [5, 5.41) is 5.37. The second kappa shape index (κ2) is 7.85. The van der Waals surface area contributed by atoms with Gasteiger partial charge in [-0.2, -0.15) is 0 Å². The molecule has 6 nitrogen and oxygen atoms in total. The largest absolute Gasteiger partial charge is 0.459 e. The molecular weight excluding hydrogens is 375 g/mol. The van der Waals surface area contributed by atoms with E-state index in [0.717, 1.165) is 0 Å². The number of nitrogens with one attached hydrogen (secondary N) is 2. The molecule has 0 unspecified atom stereocenters. The van der Waals surface area contributed by atoms with E-state index in [0.29, 0.717) is 11.4 Å². The van der Waals surface area contributed by atoms with E-state index < -0.39 is 11.7 Å². The molecule has 4 rings (SSSR count). The Morgan fingerprint density at radius 2 is 1.38 bits per heavy atom. The molecule has 0 saturated heterocycles. The lowest BCUT2D eigenvalue weighted by Crippen LogP contribution is -2.12. The Morgan fingerprint density at radius 3 is 2.00 bits per heavy atom. The molecule has 2 aromatic carbocycles. The summed E-state index contributed by atoms with van der Waals surface area (Å²) in [5.41, 5.74) is 1.34. The minimum absolute atomic E-state index is 0.0541. The van der Waals surface area contributed by atoms with Gasteiger partial charge in [0, 0.05) is 11.4 Å². The molecule has 0 aliphatic heterocycles. The Kier molecular flexibility index (Phi) is 4.94. The molecule has 0 atom stereocenters. The molecule has 0 radical (unpaired) electrons. The zero-order valence-corrected chi connectivity index (χ0v) is 15.0. The molecule has 0 spiro atoms. The molecule has 0 aliphatic rings. The van der Waals surface area contributed by atoms with Crippen LogP contribution >= 0.6 is 0 Å². The van der Waals surface area contributed by atoms with Crippen LogP contribution in [0.1, 0.15) is 21.1 Å². The first kappa shape index (κ1) is 18.2. The van der Waals surface area contributed by atoms with Crippen molar-refractivity contribution in [3.05, 3.63) is 96.4 Å². The van der Waals surface area contributed by atoms with Crippen LogP contribution in [0.5, 0.6) is 0 Å². The minimum atomic E-state index is -0.472. The Morgan fingerprint density at radius 1 is 0.724 bits per heavy atom. The summed E-state index contributed by atoms with van der Waals surface area (Å²) in [6.07, 6.45) is 1.42. The van der Waals surface area contributed by atoms with Crippen molar-refractivity contribution in [2.45, 2.75) is 0 Å². The average Bonchev–Trinajstić information content (AvgIpc) is 3.42. The number of hydrogen-bond donors (Lipinski definition) is 2. The lowest BCUT2D eigenvalue weighted by atomic mass is 10.1. The van der Waals surface area contributed by atoms with Crippen LogP contribution in [0.2, 0.25) is 0 Å². The number of anilines is 2. The van der Waals surface area contributed by atoms with Gasteiger partial charge in [-0.25, -0.2) is 4.39 Å². The number of rotatable bonds is 5. The van der Waals surface area contributed by atoms with E-state index in [4.69, 9.17) is 8.83 Å². The van der Waals surface area contributed by atoms with Crippen molar-refractivity contribution in [2.24, 2.45) is 0 Å². The third-order valence-electron chi connectivity index (χ3n) is 4.11. The van der Waals surface area contributed by atoms with Crippen LogP contribution < -0.4 is 10.6 Å². The van der Waals surface area contributed by atoms with Gasteiger partial charge in [-0.05, 0) is 60.7 Å². The minimum Gasteiger partial charge on any atom is -0.459 e. The summed E-state index contributed by atoms with van der Waals surface area (Å²) >= 11 is 0. The Hall–Kier alpha value is -4.13. The molecular formula is C22H15FN2O4. The lowest BCUT2D eigenvalue weighted by Gasteiger charge is -2.06. The Bertz CT molecular complexity index is 1150. The van der Waals surface area contributed by atoms with E-state index in [1.54, 1.807) is 60.7 Å². The molecule has 4 aromatic rings. The first-order valence-corrected chi connectivity index (χ1v) is 8.71. The number of carbonyl (C=O) groups excluding carboxylic acids is 2. The van der Waals surface area contributed by atoms with Crippen LogP contribution in [0.4, 0.5) is 15.8 Å². The third kappa shape index (κ3) is 4.08. The second-order valence-corrected chi connectivity index (χ2v) is 6.11. The monoisotopic (exact) mass is 390 g/mol. The molecule has 29 heavy (non-hydrogen) atoms. The van der Waals surface area contributed by atoms with Crippen molar-refractivity contribution in [2.75, 3.05) is 10.6 Å². The normalized spacial score (nSPS) is 10.5. The van der Waals surface area contributed by atoms with Crippen LogP contribution in [0.15, 0.2) is 87.9 Å². The number of benzene rings is 2. The van der Waals surface area contributed by atoms with E-state index >= 15 is 0 Å². The molecule has 2 N–H and O–H groups in total. The SMILES string of the molecule is O=C(Nc1ccc(NC(=O)c2ccc(-c3ccccc3F)o2)cc1)c1ccco1. The fourth-order valence-electron chi connectivity index (χ4n) is 2.70. The summed E-state index contributed by atoms with van der Waals surface area (Å²) in [6, 6.07) is 18.9. The van der Waals surface area contributed by atoms with Crippen molar-refractivity contribution in [1.29, 1.82) is 0 Å². The van der Waals surface area contributed by atoms with Gasteiger partial charge in [0.2, 0.25) is 0 Å². The maximum Gasteiger partial charge on any atom is 0.291 e. The molecule has 7 heteroatoms. The maximum atomic E-state index is 13.9. The average molecular weight is 390 g/mol. The predicted octanol–water partition coefficient (Wildman–Crippen LogP) is 5.18. The van der Waals surface area contributed by atoms with Gasteiger partial charge in [0.1, 0.15) is 11.6 Å². The van der Waals surface area contributed by atoms with Gasteiger partial charge in [0.05, 0.1) is 11.8 Å². The van der Waals surface area contributed by atoms with Crippen molar-refractivity contribution in [3.8, 4) is 11.3 Å². The van der Waals surface area contributed by atoms with Crippen LogP contribution in [-0.4, -0.2) is 11.8 Å². The third-order valence-corrected chi connectivity index (χ3v) is 4.11. The van der Waals surface area contributed by atoms with Gasteiger partial charge < -0.3 is 19.5 Å². The fourth-order valence-corrected chi connectivity index (χ4v) is 2.70. The van der Waals surface area contributed by atoms with Gasteiger partial charge in [-0.1, -0.05) is 12.1 Å². The molecule has 0 bridgehead atoms. The van der Waals surface area contributed by atoms with Crippen molar-refractivity contribution >= 4 is 23.2 Å². The van der Waals surface area contributed by atoms with Crippen molar-refractivity contribution in [1.82, 2.24) is 0 Å². The number of carbonyl (C=O) groups is 2. The molecule has 2 aromatic heterocycles. The van der Waals surface area contributed by atoms with E-state index in [9.17, 15) is 14.0 Å². The molecule has 0 aliphatic carbocycles.